The van der Waals surface area contributed by atoms with Crippen molar-refractivity contribution in [2.75, 3.05) is 5.01 Å². The van der Waals surface area contributed by atoms with E-state index < -0.39 is 11.9 Å². The van der Waals surface area contributed by atoms with Gasteiger partial charge in [0, 0.05) is 11.1 Å². The lowest BCUT2D eigenvalue weighted by Crippen LogP contribution is -2.34. The molecule has 0 saturated carbocycles. The van der Waals surface area contributed by atoms with Gasteiger partial charge in [-0.3, -0.25) is 5.01 Å². The summed E-state index contributed by atoms with van der Waals surface area (Å²) in [5, 5.41) is 10.6. The third-order valence-corrected chi connectivity index (χ3v) is 3.13. The van der Waals surface area contributed by atoms with E-state index in [-0.39, 0.29) is 12.4 Å². The smallest absolute Gasteiger partial charge is 0.149 e. The van der Waals surface area contributed by atoms with E-state index in [1.54, 1.807) is 23.2 Å². The summed E-state index contributed by atoms with van der Waals surface area (Å²) in [6.07, 6.45) is 1.08. The first kappa shape index (κ1) is 12.5. The highest BCUT2D eigenvalue weighted by molar-refractivity contribution is 5.54. The van der Waals surface area contributed by atoms with E-state index in [0.29, 0.717) is 16.9 Å². The molecule has 0 fully saturated rings. The van der Waals surface area contributed by atoms with Crippen LogP contribution in [0.5, 0.6) is 0 Å². The zero-order chi connectivity index (χ0) is 14.1. The van der Waals surface area contributed by atoms with Gasteiger partial charge in [-0.1, -0.05) is 18.2 Å². The molecule has 0 radical (unpaired) electrons. The average molecular weight is 272 g/mol. The largest absolute Gasteiger partial charge is 0.286 e. The summed E-state index contributed by atoms with van der Waals surface area (Å²) in [6.45, 7) is 0.205. The zero-order valence-electron chi connectivity index (χ0n) is 10.3. The molecule has 1 aliphatic rings. The van der Waals surface area contributed by atoms with Crippen molar-refractivity contribution in [1.82, 2.24) is 10.4 Å². The Morgan fingerprint density at radius 2 is 2.15 bits per heavy atom. The van der Waals surface area contributed by atoms with Gasteiger partial charge in [-0.05, 0) is 12.1 Å². The molecule has 6 heteroatoms. The zero-order valence-corrected chi connectivity index (χ0v) is 10.3. The van der Waals surface area contributed by atoms with Gasteiger partial charge < -0.3 is 0 Å². The topological polar surface area (TPSA) is 52.0 Å². The van der Waals surface area contributed by atoms with Gasteiger partial charge >= 0.3 is 0 Å². The van der Waals surface area contributed by atoms with Crippen molar-refractivity contribution >= 4 is 5.82 Å². The second kappa shape index (κ2) is 4.87. The Kier molecular flexibility index (Phi) is 3.05. The van der Waals surface area contributed by atoms with E-state index in [9.17, 15) is 8.78 Å². The van der Waals surface area contributed by atoms with Crippen LogP contribution in [0.25, 0.3) is 0 Å². The summed E-state index contributed by atoms with van der Waals surface area (Å²) < 4.78 is 26.9. The third kappa shape index (κ3) is 2.08. The second-order valence-electron chi connectivity index (χ2n) is 4.44. The number of hydrazine groups is 1. The maximum Gasteiger partial charge on any atom is 0.149 e. The molecule has 100 valence electrons. The average Bonchev–Trinajstić information content (AvgIpc) is 2.78. The van der Waals surface area contributed by atoms with Gasteiger partial charge in [-0.25, -0.2) is 19.2 Å². The van der Waals surface area contributed by atoms with Crippen LogP contribution in [0.15, 0.2) is 36.5 Å². The lowest BCUT2D eigenvalue weighted by molar-refractivity contribution is 0.577. The summed E-state index contributed by atoms with van der Waals surface area (Å²) in [5.74, 6) is -0.391. The van der Waals surface area contributed by atoms with Crippen molar-refractivity contribution < 1.29 is 8.78 Å². The molecular weight excluding hydrogens is 262 g/mol. The maximum atomic E-state index is 13.7. The number of fused-ring (bicyclic) bond motifs is 1. The SMILES string of the molecule is N#CC1NN(Cc2ccccc2F)c2ncc(F)cc21. The first-order valence-electron chi connectivity index (χ1n) is 6.01. The van der Waals surface area contributed by atoms with Crippen molar-refractivity contribution in [2.45, 2.75) is 12.6 Å². The predicted octanol–water partition coefficient (Wildman–Crippen LogP) is 2.45. The molecule has 1 aliphatic heterocycles. The molecule has 2 heterocycles. The first-order valence-corrected chi connectivity index (χ1v) is 6.01. The summed E-state index contributed by atoms with van der Waals surface area (Å²) in [6, 6.07) is 8.97. The standard InChI is InChI=1S/C14H10F2N4/c15-10-5-11-13(6-17)19-20(14(11)18-7-10)8-9-3-1-2-4-12(9)16/h1-5,7,13,19H,8H2. The van der Waals surface area contributed by atoms with E-state index in [0.717, 1.165) is 6.20 Å². The van der Waals surface area contributed by atoms with Gasteiger partial charge in [-0.2, -0.15) is 5.26 Å². The number of anilines is 1. The minimum absolute atomic E-state index is 0.205. The molecule has 20 heavy (non-hydrogen) atoms. The lowest BCUT2D eigenvalue weighted by atomic mass is 10.1. The number of nitrogens with one attached hydrogen (secondary N) is 1. The molecule has 3 rings (SSSR count). The molecule has 0 amide bonds. The van der Waals surface area contributed by atoms with Crippen LogP contribution in [-0.2, 0) is 6.54 Å². The number of benzene rings is 1. The van der Waals surface area contributed by atoms with E-state index in [1.807, 2.05) is 6.07 Å². The monoisotopic (exact) mass is 272 g/mol. The molecule has 0 aliphatic carbocycles. The van der Waals surface area contributed by atoms with Crippen molar-refractivity contribution in [3.8, 4) is 6.07 Å². The molecule has 1 N–H and O–H groups in total. The van der Waals surface area contributed by atoms with Crippen LogP contribution in [-0.4, -0.2) is 4.98 Å². The van der Waals surface area contributed by atoms with Gasteiger partial charge in [0.15, 0.2) is 0 Å². The molecule has 0 bridgehead atoms. The molecule has 1 aromatic carbocycles. The van der Waals surface area contributed by atoms with Crippen LogP contribution in [0.1, 0.15) is 17.2 Å². The first-order chi connectivity index (χ1) is 9.69. The van der Waals surface area contributed by atoms with Crippen molar-refractivity contribution in [3.05, 3.63) is 59.3 Å². The van der Waals surface area contributed by atoms with E-state index >= 15 is 0 Å². The van der Waals surface area contributed by atoms with Crippen LogP contribution in [0.2, 0.25) is 0 Å². The third-order valence-electron chi connectivity index (χ3n) is 3.13. The summed E-state index contributed by atoms with van der Waals surface area (Å²) in [4.78, 5) is 3.98. The van der Waals surface area contributed by atoms with E-state index in [1.165, 1.54) is 12.1 Å². The van der Waals surface area contributed by atoms with Crippen LogP contribution in [0.4, 0.5) is 14.6 Å². The molecular formula is C14H10F2N4. The summed E-state index contributed by atoms with van der Waals surface area (Å²) in [5.41, 5.74) is 3.82. The van der Waals surface area contributed by atoms with E-state index in [4.69, 9.17) is 5.26 Å². The van der Waals surface area contributed by atoms with Gasteiger partial charge in [-0.15, -0.1) is 0 Å². The summed E-state index contributed by atoms with van der Waals surface area (Å²) >= 11 is 0. The Balaban J connectivity index is 1.94. The Labute approximate surface area is 114 Å². The Morgan fingerprint density at radius 1 is 1.35 bits per heavy atom. The Hall–Kier alpha value is -2.52. The van der Waals surface area contributed by atoms with Gasteiger partial charge in [0.1, 0.15) is 23.5 Å². The number of hydrogen-bond donors (Lipinski definition) is 1. The number of nitrogens with zero attached hydrogens (tertiary/aromatic N) is 3. The minimum atomic E-state index is -0.681. The number of pyridine rings is 1. The molecule has 4 nitrogen and oxygen atoms in total. The molecule has 2 aromatic rings. The van der Waals surface area contributed by atoms with Crippen LogP contribution >= 0.6 is 0 Å². The molecule has 1 aromatic heterocycles. The van der Waals surface area contributed by atoms with Crippen LogP contribution < -0.4 is 10.4 Å². The molecule has 1 atom stereocenters. The fraction of sp³-hybridized carbons (Fsp3) is 0.143. The van der Waals surface area contributed by atoms with Crippen molar-refractivity contribution in [2.24, 2.45) is 0 Å². The highest BCUT2D eigenvalue weighted by Gasteiger charge is 2.30. The fourth-order valence-corrected chi connectivity index (χ4v) is 2.19. The number of aromatic nitrogens is 1. The number of nitriles is 1. The van der Waals surface area contributed by atoms with Crippen molar-refractivity contribution in [3.63, 3.8) is 0 Å². The quantitative estimate of drug-likeness (QED) is 0.912. The molecule has 1 unspecified atom stereocenters. The number of rotatable bonds is 2. The normalized spacial score (nSPS) is 16.9. The highest BCUT2D eigenvalue weighted by Crippen LogP contribution is 2.31. The van der Waals surface area contributed by atoms with Crippen molar-refractivity contribution in [1.29, 1.82) is 5.26 Å². The summed E-state index contributed by atoms with van der Waals surface area (Å²) in [7, 11) is 0. The highest BCUT2D eigenvalue weighted by atomic mass is 19.1. The second-order valence-corrected chi connectivity index (χ2v) is 4.44. The minimum Gasteiger partial charge on any atom is -0.286 e. The van der Waals surface area contributed by atoms with Gasteiger partial charge in [0.2, 0.25) is 0 Å². The Morgan fingerprint density at radius 3 is 2.90 bits per heavy atom. The van der Waals surface area contributed by atoms with Gasteiger partial charge in [0.25, 0.3) is 0 Å². The fourth-order valence-electron chi connectivity index (χ4n) is 2.19. The van der Waals surface area contributed by atoms with E-state index in [2.05, 4.69) is 10.4 Å². The number of halogens is 2. The van der Waals surface area contributed by atoms with Gasteiger partial charge in [0.05, 0.1) is 18.8 Å². The van der Waals surface area contributed by atoms with Crippen LogP contribution in [0.3, 0.4) is 0 Å². The van der Waals surface area contributed by atoms with Crippen LogP contribution in [0, 0.1) is 23.0 Å². The Bertz CT molecular complexity index is 696. The lowest BCUT2D eigenvalue weighted by Gasteiger charge is -2.18. The molecule has 0 spiro atoms. The molecule has 0 saturated heterocycles. The maximum absolute atomic E-state index is 13.7. The number of hydrogen-bond acceptors (Lipinski definition) is 4. The predicted molar refractivity (Wildman–Crippen MR) is 68.3 cm³/mol.